The largest absolute Gasteiger partial charge is 0.465 e. The van der Waals surface area contributed by atoms with Gasteiger partial charge in [0, 0.05) is 31.6 Å². The van der Waals surface area contributed by atoms with Gasteiger partial charge in [0.15, 0.2) is 17.0 Å². The number of nitrogens with one attached hydrogen (secondary N) is 3. The number of methoxy groups -OCH3 is 1. The highest BCUT2D eigenvalue weighted by Crippen LogP contribution is 2.27. The summed E-state index contributed by atoms with van der Waals surface area (Å²) >= 11 is 0. The molecular weight excluding hydrogens is 518 g/mol. The van der Waals surface area contributed by atoms with Gasteiger partial charge in [-0.25, -0.2) is 9.78 Å². The molecule has 2 aromatic carbocycles. The molecule has 1 aliphatic rings. The van der Waals surface area contributed by atoms with Gasteiger partial charge in [-0.3, -0.25) is 4.79 Å². The Labute approximate surface area is 239 Å². The molecule has 1 amide bonds. The highest BCUT2D eigenvalue weighted by molar-refractivity contribution is 5.90. The second-order valence-electron chi connectivity index (χ2n) is 10.8. The molecule has 1 aliphatic carbocycles. The normalized spacial score (nSPS) is 16.9. The van der Waals surface area contributed by atoms with Gasteiger partial charge >= 0.3 is 5.97 Å². The molecule has 2 heterocycles. The van der Waals surface area contributed by atoms with E-state index in [1.807, 2.05) is 18.5 Å². The molecule has 0 unspecified atom stereocenters. The standard InChI is InChI=1S/C31H37N7O3/c1-19(2)38-18-33-27-28(36-31(37-29(27)38)35-26-15-13-25(14-16-26)34-20(3)39)32-17-21-5-7-22(8-6-21)23-9-11-24(12-10-23)30(40)41-4/h5-12,18-19,25-26H,13-17H2,1-4H3,(H,34,39)(H2,32,35,36,37). The van der Waals surface area contributed by atoms with E-state index in [4.69, 9.17) is 14.7 Å². The number of benzene rings is 2. The van der Waals surface area contributed by atoms with Gasteiger partial charge in [-0.1, -0.05) is 36.4 Å². The molecule has 4 aromatic rings. The first-order chi connectivity index (χ1) is 19.8. The summed E-state index contributed by atoms with van der Waals surface area (Å²) in [5, 5.41) is 10.1. The highest BCUT2D eigenvalue weighted by atomic mass is 16.5. The minimum absolute atomic E-state index is 0.0248. The summed E-state index contributed by atoms with van der Waals surface area (Å²) in [4.78, 5) is 37.4. The van der Waals surface area contributed by atoms with Gasteiger partial charge in [0.05, 0.1) is 19.0 Å². The first-order valence-electron chi connectivity index (χ1n) is 14.1. The number of anilines is 2. The Morgan fingerprint density at radius 1 is 0.951 bits per heavy atom. The van der Waals surface area contributed by atoms with E-state index in [0.29, 0.717) is 23.9 Å². The van der Waals surface area contributed by atoms with E-state index in [9.17, 15) is 9.59 Å². The van der Waals surface area contributed by atoms with Gasteiger partial charge in [0.1, 0.15) is 0 Å². The molecule has 10 nitrogen and oxygen atoms in total. The summed E-state index contributed by atoms with van der Waals surface area (Å²) in [6.45, 7) is 6.36. The van der Waals surface area contributed by atoms with Crippen molar-refractivity contribution in [3.63, 3.8) is 0 Å². The number of imidazole rings is 1. The molecule has 2 aromatic heterocycles. The number of fused-ring (bicyclic) bond motifs is 1. The second-order valence-corrected chi connectivity index (χ2v) is 10.8. The predicted molar refractivity (Wildman–Crippen MR) is 160 cm³/mol. The summed E-state index contributed by atoms with van der Waals surface area (Å²) in [7, 11) is 1.38. The monoisotopic (exact) mass is 555 g/mol. The van der Waals surface area contributed by atoms with E-state index in [0.717, 1.165) is 53.5 Å². The maximum absolute atomic E-state index is 11.7. The maximum Gasteiger partial charge on any atom is 0.337 e. The van der Waals surface area contributed by atoms with Crippen molar-refractivity contribution in [1.29, 1.82) is 0 Å². The third-order valence-electron chi connectivity index (χ3n) is 7.50. The fourth-order valence-electron chi connectivity index (χ4n) is 5.25. The van der Waals surface area contributed by atoms with Crippen molar-refractivity contribution in [2.75, 3.05) is 17.7 Å². The van der Waals surface area contributed by atoms with Crippen LogP contribution in [-0.2, 0) is 16.1 Å². The molecule has 1 fully saturated rings. The zero-order valence-corrected chi connectivity index (χ0v) is 24.0. The Kier molecular flexibility index (Phi) is 8.47. The minimum atomic E-state index is -0.345. The zero-order valence-electron chi connectivity index (χ0n) is 24.0. The fraction of sp³-hybridized carbons (Fsp3) is 0.387. The van der Waals surface area contributed by atoms with Crippen molar-refractivity contribution < 1.29 is 14.3 Å². The van der Waals surface area contributed by atoms with E-state index in [1.165, 1.54) is 7.11 Å². The minimum Gasteiger partial charge on any atom is -0.465 e. The SMILES string of the molecule is COC(=O)c1ccc(-c2ccc(CNc3nc(NC4CCC(NC(C)=O)CC4)nc4c3ncn4C(C)C)cc2)cc1. The van der Waals surface area contributed by atoms with Gasteiger partial charge in [0.2, 0.25) is 11.9 Å². The van der Waals surface area contributed by atoms with Crippen molar-refractivity contribution in [2.45, 2.75) is 71.1 Å². The molecule has 41 heavy (non-hydrogen) atoms. The molecule has 0 saturated heterocycles. The van der Waals surface area contributed by atoms with E-state index in [2.05, 4.69) is 63.6 Å². The second kappa shape index (κ2) is 12.4. The van der Waals surface area contributed by atoms with Crippen LogP contribution in [0.25, 0.3) is 22.3 Å². The quantitative estimate of drug-likeness (QED) is 0.237. The van der Waals surface area contributed by atoms with Crippen molar-refractivity contribution in [3.8, 4) is 11.1 Å². The Hall–Kier alpha value is -4.47. The molecule has 10 heteroatoms. The highest BCUT2D eigenvalue weighted by Gasteiger charge is 2.23. The van der Waals surface area contributed by atoms with Crippen molar-refractivity contribution in [3.05, 3.63) is 66.0 Å². The van der Waals surface area contributed by atoms with E-state index < -0.39 is 0 Å². The summed E-state index contributed by atoms with van der Waals surface area (Å²) in [6.07, 6.45) is 5.56. The van der Waals surface area contributed by atoms with Gasteiger partial charge < -0.3 is 25.3 Å². The van der Waals surface area contributed by atoms with Gasteiger partial charge in [-0.2, -0.15) is 9.97 Å². The number of hydrogen-bond donors (Lipinski definition) is 3. The zero-order chi connectivity index (χ0) is 28.9. The number of aromatic nitrogens is 4. The first kappa shape index (κ1) is 28.1. The number of hydrogen-bond acceptors (Lipinski definition) is 8. The Morgan fingerprint density at radius 3 is 2.20 bits per heavy atom. The number of esters is 1. The molecule has 3 N–H and O–H groups in total. The number of ether oxygens (including phenoxy) is 1. The first-order valence-corrected chi connectivity index (χ1v) is 14.1. The number of nitrogens with zero attached hydrogens (tertiary/aromatic N) is 4. The van der Waals surface area contributed by atoms with E-state index >= 15 is 0 Å². The number of rotatable bonds is 9. The molecular formula is C31H37N7O3. The molecule has 5 rings (SSSR count). The lowest BCUT2D eigenvalue weighted by Gasteiger charge is -2.29. The molecule has 214 valence electrons. The maximum atomic E-state index is 11.7. The number of amides is 1. The molecule has 0 bridgehead atoms. The number of carbonyl (C=O) groups excluding carboxylic acids is 2. The van der Waals surface area contributed by atoms with Crippen molar-refractivity contribution in [1.82, 2.24) is 24.8 Å². The lowest BCUT2D eigenvalue weighted by molar-refractivity contribution is -0.119. The Bertz CT molecular complexity index is 1510. The molecule has 1 saturated carbocycles. The van der Waals surface area contributed by atoms with Crippen LogP contribution in [0.3, 0.4) is 0 Å². The fourth-order valence-corrected chi connectivity index (χ4v) is 5.25. The molecule has 0 radical (unpaired) electrons. The third-order valence-corrected chi connectivity index (χ3v) is 7.50. The molecule has 0 aliphatic heterocycles. The van der Waals surface area contributed by atoms with E-state index in [1.54, 1.807) is 19.1 Å². The van der Waals surface area contributed by atoms with Crippen molar-refractivity contribution in [2.24, 2.45) is 0 Å². The van der Waals surface area contributed by atoms with Gasteiger partial charge in [-0.05, 0) is 68.4 Å². The predicted octanol–water partition coefficient (Wildman–Crippen LogP) is 5.33. The van der Waals surface area contributed by atoms with Crippen LogP contribution >= 0.6 is 0 Å². The molecule has 0 atom stereocenters. The van der Waals surface area contributed by atoms with Crippen LogP contribution in [0.4, 0.5) is 11.8 Å². The Balaban J connectivity index is 1.30. The lowest BCUT2D eigenvalue weighted by atomic mass is 9.91. The van der Waals surface area contributed by atoms with E-state index in [-0.39, 0.29) is 30.0 Å². The van der Waals surface area contributed by atoms with Crippen LogP contribution in [0.15, 0.2) is 54.9 Å². The van der Waals surface area contributed by atoms with Crippen LogP contribution in [0.2, 0.25) is 0 Å². The van der Waals surface area contributed by atoms with Crippen LogP contribution in [0, 0.1) is 0 Å². The summed E-state index contributed by atoms with van der Waals surface area (Å²) in [5.74, 6) is 0.946. The Morgan fingerprint density at radius 2 is 1.59 bits per heavy atom. The summed E-state index contributed by atoms with van der Waals surface area (Å²) in [5.41, 5.74) is 5.24. The van der Waals surface area contributed by atoms with Crippen LogP contribution in [-0.4, -0.2) is 50.6 Å². The van der Waals surface area contributed by atoms with Crippen molar-refractivity contribution >= 4 is 34.8 Å². The average Bonchev–Trinajstić information content (AvgIpc) is 3.41. The van der Waals surface area contributed by atoms with Crippen LogP contribution in [0.5, 0.6) is 0 Å². The third kappa shape index (κ3) is 6.65. The lowest BCUT2D eigenvalue weighted by Crippen LogP contribution is -2.39. The smallest absolute Gasteiger partial charge is 0.337 e. The van der Waals surface area contributed by atoms with Gasteiger partial charge in [-0.15, -0.1) is 0 Å². The summed E-state index contributed by atoms with van der Waals surface area (Å²) in [6, 6.07) is 16.4. The average molecular weight is 556 g/mol. The van der Waals surface area contributed by atoms with Crippen LogP contribution < -0.4 is 16.0 Å². The topological polar surface area (TPSA) is 123 Å². The molecule has 0 spiro atoms. The number of carbonyl (C=O) groups is 2. The van der Waals surface area contributed by atoms with Gasteiger partial charge in [0.25, 0.3) is 0 Å². The summed E-state index contributed by atoms with van der Waals surface area (Å²) < 4.78 is 6.84. The van der Waals surface area contributed by atoms with Crippen LogP contribution in [0.1, 0.15) is 68.4 Å².